The molecule has 2 aromatic heterocycles. The Morgan fingerprint density at radius 3 is 2.53 bits per heavy atom. The molecule has 0 radical (unpaired) electrons. The van der Waals surface area contributed by atoms with Crippen LogP contribution < -0.4 is 5.32 Å². The van der Waals surface area contributed by atoms with E-state index in [1.54, 1.807) is 29.9 Å². The smallest absolute Gasteiger partial charge is 0.325 e. The number of nitrogens with one attached hydrogen (secondary N) is 1. The number of benzene rings is 1. The number of nitro benzene ring substituents is 1. The van der Waals surface area contributed by atoms with Crippen LogP contribution in [0.15, 0.2) is 60.2 Å². The molecule has 4 heterocycles. The number of fused-ring (bicyclic) bond motifs is 1. The number of non-ortho nitro benzene ring substituents is 1. The summed E-state index contributed by atoms with van der Waals surface area (Å²) in [5.74, 6) is -4.39. The van der Waals surface area contributed by atoms with Crippen LogP contribution in [0.25, 0.3) is 0 Å². The predicted octanol–water partition coefficient (Wildman–Crippen LogP) is 2.00. The summed E-state index contributed by atoms with van der Waals surface area (Å²) >= 11 is 1.27. The van der Waals surface area contributed by atoms with Crippen molar-refractivity contribution in [2.75, 3.05) is 6.54 Å². The van der Waals surface area contributed by atoms with Crippen molar-refractivity contribution in [3.05, 3.63) is 86.6 Å². The average molecular weight is 508 g/mol. The van der Waals surface area contributed by atoms with Gasteiger partial charge in [0.25, 0.3) is 5.69 Å². The number of amides is 2. The van der Waals surface area contributed by atoms with Gasteiger partial charge >= 0.3 is 5.97 Å². The molecule has 0 bridgehead atoms. The molecule has 3 aromatic rings. The fourth-order valence-corrected chi connectivity index (χ4v) is 5.88. The van der Waals surface area contributed by atoms with Crippen LogP contribution in [0.2, 0.25) is 0 Å². The first-order valence-corrected chi connectivity index (χ1v) is 12.1. The molecule has 0 spiro atoms. The van der Waals surface area contributed by atoms with Crippen molar-refractivity contribution in [3.8, 4) is 0 Å². The number of nitrogens with zero attached hydrogens (tertiary/aromatic N) is 4. The summed E-state index contributed by atoms with van der Waals surface area (Å²) in [7, 11) is 0. The molecule has 2 aliphatic rings. The van der Waals surface area contributed by atoms with Crippen molar-refractivity contribution in [3.63, 3.8) is 0 Å². The zero-order valence-electron chi connectivity index (χ0n) is 18.8. The van der Waals surface area contributed by atoms with Gasteiger partial charge in [0.15, 0.2) is 0 Å². The molecule has 0 saturated carbocycles. The van der Waals surface area contributed by atoms with Crippen molar-refractivity contribution >= 4 is 34.8 Å². The number of carboxylic acid groups (broad SMARTS) is 1. The molecule has 2 fully saturated rings. The van der Waals surface area contributed by atoms with E-state index in [-0.39, 0.29) is 18.7 Å². The van der Waals surface area contributed by atoms with Crippen LogP contribution in [0.1, 0.15) is 22.3 Å². The molecular formula is C24H21N5O6S. The number of hydrogen-bond donors (Lipinski definition) is 2. The Labute approximate surface area is 209 Å². The van der Waals surface area contributed by atoms with Gasteiger partial charge in [0.1, 0.15) is 10.5 Å². The fourth-order valence-electron chi connectivity index (χ4n) is 5.15. The quantitative estimate of drug-likeness (QED) is 0.264. The summed E-state index contributed by atoms with van der Waals surface area (Å²) in [4.78, 5) is 60.2. The Hall–Kier alpha value is -4.03. The van der Waals surface area contributed by atoms with Crippen molar-refractivity contribution in [2.45, 2.75) is 24.4 Å². The lowest BCUT2D eigenvalue weighted by atomic mass is 9.76. The lowest BCUT2D eigenvalue weighted by Gasteiger charge is -2.31. The summed E-state index contributed by atoms with van der Waals surface area (Å²) < 4.78 is 0. The highest BCUT2D eigenvalue weighted by atomic mass is 32.1. The summed E-state index contributed by atoms with van der Waals surface area (Å²) in [5, 5.41) is 26.8. The number of likely N-dealkylation sites (tertiary alicyclic amines) is 1. The van der Waals surface area contributed by atoms with E-state index in [4.69, 9.17) is 0 Å². The number of carbonyl (C=O) groups excluding carboxylic acids is 2. The topological polar surface area (TPSA) is 156 Å². The highest BCUT2D eigenvalue weighted by Gasteiger charge is 2.68. The molecule has 4 atom stereocenters. The van der Waals surface area contributed by atoms with Crippen LogP contribution in [0.3, 0.4) is 0 Å². The molecule has 11 nitrogen and oxygen atoms in total. The zero-order chi connectivity index (χ0) is 25.4. The first-order valence-electron chi connectivity index (χ1n) is 11.2. The largest absolute Gasteiger partial charge is 0.480 e. The van der Waals surface area contributed by atoms with E-state index in [1.165, 1.54) is 35.6 Å². The number of hydrogen-bond acceptors (Lipinski definition) is 9. The van der Waals surface area contributed by atoms with Gasteiger partial charge in [0, 0.05) is 55.0 Å². The standard InChI is InChI=1S/C24H21N5O6S/c30-21-17-18(22(31)28(21)11-8-15-3-1-2-9-25-15)24(23(32)33,27-19(17)20-26-10-12-36-20)13-14-4-6-16(7-5-14)29(34)35/h1-7,9-10,12,17-19,27H,8,11,13H2,(H,32,33). The van der Waals surface area contributed by atoms with Crippen LogP contribution in [0.5, 0.6) is 0 Å². The fraction of sp³-hybridized carbons (Fsp3) is 0.292. The zero-order valence-corrected chi connectivity index (χ0v) is 19.6. The van der Waals surface area contributed by atoms with E-state index >= 15 is 0 Å². The third-order valence-electron chi connectivity index (χ3n) is 6.79. The molecule has 0 aliphatic carbocycles. The predicted molar refractivity (Wildman–Crippen MR) is 127 cm³/mol. The third-order valence-corrected chi connectivity index (χ3v) is 7.65. The Morgan fingerprint density at radius 2 is 1.92 bits per heavy atom. The van der Waals surface area contributed by atoms with E-state index in [0.29, 0.717) is 22.7 Å². The monoisotopic (exact) mass is 507 g/mol. The molecule has 5 rings (SSSR count). The normalized spacial score (nSPS) is 25.2. The second kappa shape index (κ2) is 9.21. The number of pyridine rings is 1. The highest BCUT2D eigenvalue weighted by Crippen LogP contribution is 2.50. The van der Waals surface area contributed by atoms with Crippen LogP contribution in [0, 0.1) is 22.0 Å². The van der Waals surface area contributed by atoms with Crippen molar-refractivity contribution in [1.82, 2.24) is 20.2 Å². The number of carbonyl (C=O) groups is 3. The van der Waals surface area contributed by atoms with Gasteiger partial charge in [-0.3, -0.25) is 39.7 Å². The van der Waals surface area contributed by atoms with Gasteiger partial charge in [-0.2, -0.15) is 0 Å². The van der Waals surface area contributed by atoms with Crippen molar-refractivity contribution in [1.29, 1.82) is 0 Å². The van der Waals surface area contributed by atoms with E-state index in [1.807, 2.05) is 6.07 Å². The number of aliphatic carboxylic acids is 1. The molecule has 2 amide bonds. The summed E-state index contributed by atoms with van der Waals surface area (Å²) in [6.07, 6.45) is 3.39. The molecule has 36 heavy (non-hydrogen) atoms. The summed E-state index contributed by atoms with van der Waals surface area (Å²) in [6, 6.07) is 10.1. The SMILES string of the molecule is O=C1C2C(c3nccs3)NC(Cc3ccc([N+](=O)[O-])cc3)(C(=O)O)C2C(=O)N1CCc1ccccn1. The maximum Gasteiger partial charge on any atom is 0.325 e. The molecule has 2 saturated heterocycles. The van der Waals surface area contributed by atoms with Gasteiger partial charge in [0.05, 0.1) is 22.8 Å². The van der Waals surface area contributed by atoms with E-state index < -0.39 is 46.1 Å². The number of carboxylic acids is 1. The minimum atomic E-state index is -1.80. The number of rotatable bonds is 8. The van der Waals surface area contributed by atoms with E-state index in [9.17, 15) is 29.6 Å². The second-order valence-electron chi connectivity index (χ2n) is 8.77. The third kappa shape index (κ3) is 3.93. The Morgan fingerprint density at radius 1 is 1.14 bits per heavy atom. The molecule has 184 valence electrons. The number of thiazole rings is 1. The average Bonchev–Trinajstić information content (AvgIpc) is 3.57. The Kier molecular flexibility index (Phi) is 6.06. The number of nitro groups is 1. The summed E-state index contributed by atoms with van der Waals surface area (Å²) in [6.45, 7) is 0.0828. The van der Waals surface area contributed by atoms with Gasteiger partial charge in [0.2, 0.25) is 11.8 Å². The van der Waals surface area contributed by atoms with Crippen LogP contribution >= 0.6 is 11.3 Å². The van der Waals surface area contributed by atoms with Gasteiger partial charge in [-0.15, -0.1) is 11.3 Å². The van der Waals surface area contributed by atoms with Crippen LogP contribution in [-0.2, 0) is 27.2 Å². The second-order valence-corrected chi connectivity index (χ2v) is 9.70. The van der Waals surface area contributed by atoms with Crippen LogP contribution in [-0.4, -0.2) is 54.8 Å². The molecular weight excluding hydrogens is 486 g/mol. The maximum atomic E-state index is 13.7. The maximum absolute atomic E-state index is 13.7. The van der Waals surface area contributed by atoms with E-state index in [2.05, 4.69) is 15.3 Å². The van der Waals surface area contributed by atoms with Crippen molar-refractivity contribution in [2.24, 2.45) is 11.8 Å². The van der Waals surface area contributed by atoms with Gasteiger partial charge < -0.3 is 5.11 Å². The van der Waals surface area contributed by atoms with E-state index in [0.717, 1.165) is 4.90 Å². The van der Waals surface area contributed by atoms with Gasteiger partial charge in [-0.05, 0) is 17.7 Å². The minimum absolute atomic E-state index is 0.0828. The van der Waals surface area contributed by atoms with Crippen LogP contribution in [0.4, 0.5) is 5.69 Å². The Balaban J connectivity index is 1.51. The van der Waals surface area contributed by atoms with Crippen molar-refractivity contribution < 1.29 is 24.4 Å². The lowest BCUT2D eigenvalue weighted by molar-refractivity contribution is -0.384. The Bertz CT molecular complexity index is 1320. The summed E-state index contributed by atoms with van der Waals surface area (Å²) in [5.41, 5.74) is -0.737. The lowest BCUT2D eigenvalue weighted by Crippen LogP contribution is -2.57. The molecule has 4 unspecified atom stereocenters. The number of aromatic nitrogens is 2. The number of imide groups is 1. The molecule has 2 aliphatic heterocycles. The molecule has 12 heteroatoms. The molecule has 1 aromatic carbocycles. The minimum Gasteiger partial charge on any atom is -0.480 e. The highest BCUT2D eigenvalue weighted by molar-refractivity contribution is 7.09. The van der Waals surface area contributed by atoms with Gasteiger partial charge in [-0.25, -0.2) is 4.98 Å². The first-order chi connectivity index (χ1) is 17.3. The van der Waals surface area contributed by atoms with Gasteiger partial charge in [-0.1, -0.05) is 18.2 Å². The first kappa shape index (κ1) is 23.7. The molecule has 2 N–H and O–H groups in total.